The first-order valence-corrected chi connectivity index (χ1v) is 6.82. The first-order chi connectivity index (χ1) is 10.0. The van der Waals surface area contributed by atoms with Crippen molar-refractivity contribution < 1.29 is 9.53 Å². The predicted molar refractivity (Wildman–Crippen MR) is 84.5 cm³/mol. The van der Waals surface area contributed by atoms with E-state index < -0.39 is 0 Å². The molecule has 2 aromatic carbocycles. The van der Waals surface area contributed by atoms with Crippen LogP contribution in [0.4, 0.5) is 5.69 Å². The number of carbonyl (C=O) groups is 1. The summed E-state index contributed by atoms with van der Waals surface area (Å²) in [6, 6.07) is 13.0. The number of ether oxygens (including phenoxy) is 1. The van der Waals surface area contributed by atoms with E-state index in [2.05, 4.69) is 5.32 Å². The third-order valence-corrected chi connectivity index (χ3v) is 3.42. The van der Waals surface area contributed by atoms with E-state index in [0.29, 0.717) is 17.0 Å². The summed E-state index contributed by atoms with van der Waals surface area (Å²) < 4.78 is 5.13. The summed E-state index contributed by atoms with van der Waals surface area (Å²) in [6.07, 6.45) is 0. The monoisotopic (exact) mass is 284 g/mol. The summed E-state index contributed by atoms with van der Waals surface area (Å²) in [5.74, 6) is 0.354. The molecule has 3 N–H and O–H groups in total. The van der Waals surface area contributed by atoms with Crippen molar-refractivity contribution in [3.05, 3.63) is 59.2 Å². The van der Waals surface area contributed by atoms with E-state index in [1.54, 1.807) is 18.2 Å². The van der Waals surface area contributed by atoms with Gasteiger partial charge in [-0.2, -0.15) is 0 Å². The highest BCUT2D eigenvalue weighted by atomic mass is 16.5. The van der Waals surface area contributed by atoms with Gasteiger partial charge in [0.1, 0.15) is 5.75 Å². The van der Waals surface area contributed by atoms with Gasteiger partial charge in [0.2, 0.25) is 0 Å². The Bertz CT molecular complexity index is 636. The minimum absolute atomic E-state index is 0.0679. The molecule has 0 bridgehead atoms. The Kier molecular flexibility index (Phi) is 4.48. The Morgan fingerprint density at radius 1 is 1.19 bits per heavy atom. The van der Waals surface area contributed by atoms with Crippen molar-refractivity contribution >= 4 is 11.6 Å². The summed E-state index contributed by atoms with van der Waals surface area (Å²) in [7, 11) is 1.53. The zero-order chi connectivity index (χ0) is 15.4. The van der Waals surface area contributed by atoms with Crippen molar-refractivity contribution in [3.63, 3.8) is 0 Å². The average molecular weight is 284 g/mol. The van der Waals surface area contributed by atoms with Gasteiger partial charge >= 0.3 is 0 Å². The van der Waals surface area contributed by atoms with Gasteiger partial charge in [0.15, 0.2) is 0 Å². The van der Waals surface area contributed by atoms with E-state index >= 15 is 0 Å². The van der Waals surface area contributed by atoms with Gasteiger partial charge < -0.3 is 15.8 Å². The number of hydrogen-bond acceptors (Lipinski definition) is 3. The number of nitrogen functional groups attached to an aromatic ring is 1. The van der Waals surface area contributed by atoms with Gasteiger partial charge in [-0.1, -0.05) is 29.8 Å². The maximum Gasteiger partial charge on any atom is 0.251 e. The Morgan fingerprint density at radius 3 is 2.48 bits per heavy atom. The highest BCUT2D eigenvalue weighted by molar-refractivity contribution is 5.95. The van der Waals surface area contributed by atoms with Gasteiger partial charge in [-0.15, -0.1) is 0 Å². The molecular formula is C17H20N2O2. The standard InChI is InChI=1S/C17H20N2O2/c1-11-4-6-13(7-5-11)12(2)19-17(20)14-8-9-15(18)16(10-14)21-3/h4-10,12H,18H2,1-3H3,(H,19,20). The molecule has 1 unspecified atom stereocenters. The zero-order valence-corrected chi connectivity index (χ0v) is 12.5. The van der Waals surface area contributed by atoms with Crippen LogP contribution in [0.1, 0.15) is 34.5 Å². The maximum atomic E-state index is 12.3. The summed E-state index contributed by atoms with van der Waals surface area (Å²) in [5.41, 5.74) is 9.05. The maximum absolute atomic E-state index is 12.3. The number of methoxy groups -OCH3 is 1. The molecule has 0 spiro atoms. The molecule has 4 nitrogen and oxygen atoms in total. The van der Waals surface area contributed by atoms with Crippen molar-refractivity contribution in [1.82, 2.24) is 5.32 Å². The van der Waals surface area contributed by atoms with Crippen LogP contribution in [0.25, 0.3) is 0 Å². The number of carbonyl (C=O) groups excluding carboxylic acids is 1. The molecular weight excluding hydrogens is 264 g/mol. The molecule has 0 aliphatic heterocycles. The number of aryl methyl sites for hydroxylation is 1. The molecule has 0 aromatic heterocycles. The van der Waals surface area contributed by atoms with Crippen molar-refractivity contribution in [2.45, 2.75) is 19.9 Å². The van der Waals surface area contributed by atoms with Gasteiger partial charge in [0, 0.05) is 5.56 Å². The second-order valence-electron chi connectivity index (χ2n) is 5.06. The molecule has 21 heavy (non-hydrogen) atoms. The second-order valence-corrected chi connectivity index (χ2v) is 5.06. The van der Waals surface area contributed by atoms with E-state index in [9.17, 15) is 4.79 Å². The number of benzene rings is 2. The SMILES string of the molecule is COc1cc(C(=O)NC(C)c2ccc(C)cc2)ccc1N. The number of rotatable bonds is 4. The Balaban J connectivity index is 2.12. The van der Waals surface area contributed by atoms with Gasteiger partial charge in [-0.3, -0.25) is 4.79 Å². The molecule has 0 saturated carbocycles. The molecule has 0 aliphatic carbocycles. The van der Waals surface area contributed by atoms with Crippen LogP contribution < -0.4 is 15.8 Å². The van der Waals surface area contributed by atoms with Crippen molar-refractivity contribution in [2.75, 3.05) is 12.8 Å². The third-order valence-electron chi connectivity index (χ3n) is 3.42. The highest BCUT2D eigenvalue weighted by Crippen LogP contribution is 2.22. The van der Waals surface area contributed by atoms with Crippen LogP contribution in [0, 0.1) is 6.92 Å². The smallest absolute Gasteiger partial charge is 0.251 e. The molecule has 0 heterocycles. The minimum atomic E-state index is -0.152. The summed E-state index contributed by atoms with van der Waals surface area (Å²) in [4.78, 5) is 12.3. The van der Waals surface area contributed by atoms with Crippen LogP contribution in [0.5, 0.6) is 5.75 Å². The number of nitrogens with two attached hydrogens (primary N) is 1. The minimum Gasteiger partial charge on any atom is -0.495 e. The lowest BCUT2D eigenvalue weighted by atomic mass is 10.1. The fraction of sp³-hybridized carbons (Fsp3) is 0.235. The van der Waals surface area contributed by atoms with Crippen LogP contribution in [0.3, 0.4) is 0 Å². The van der Waals surface area contributed by atoms with E-state index in [-0.39, 0.29) is 11.9 Å². The average Bonchev–Trinajstić information content (AvgIpc) is 2.48. The molecule has 0 radical (unpaired) electrons. The summed E-state index contributed by atoms with van der Waals surface area (Å²) in [5, 5.41) is 2.97. The molecule has 4 heteroatoms. The van der Waals surface area contributed by atoms with Gasteiger partial charge in [0.05, 0.1) is 18.8 Å². The van der Waals surface area contributed by atoms with Crippen LogP contribution in [-0.4, -0.2) is 13.0 Å². The lowest BCUT2D eigenvalue weighted by Crippen LogP contribution is -2.26. The first kappa shape index (κ1) is 14.9. The van der Waals surface area contributed by atoms with Gasteiger partial charge in [0.25, 0.3) is 5.91 Å². The first-order valence-electron chi connectivity index (χ1n) is 6.82. The summed E-state index contributed by atoms with van der Waals surface area (Å²) >= 11 is 0. The van der Waals surface area contributed by atoms with Crippen molar-refractivity contribution in [1.29, 1.82) is 0 Å². The predicted octanol–water partition coefficient (Wildman–Crippen LogP) is 3.08. The van der Waals surface area contributed by atoms with E-state index in [1.165, 1.54) is 12.7 Å². The van der Waals surface area contributed by atoms with E-state index in [4.69, 9.17) is 10.5 Å². The second kappa shape index (κ2) is 6.31. The van der Waals surface area contributed by atoms with Crippen LogP contribution in [0.15, 0.2) is 42.5 Å². The molecule has 1 atom stereocenters. The zero-order valence-electron chi connectivity index (χ0n) is 12.5. The van der Waals surface area contributed by atoms with Crippen LogP contribution in [0.2, 0.25) is 0 Å². The van der Waals surface area contributed by atoms with Crippen molar-refractivity contribution in [3.8, 4) is 5.75 Å². The topological polar surface area (TPSA) is 64.3 Å². The van der Waals surface area contributed by atoms with Crippen molar-refractivity contribution in [2.24, 2.45) is 0 Å². The van der Waals surface area contributed by atoms with E-state index in [1.807, 2.05) is 38.1 Å². The quantitative estimate of drug-likeness (QED) is 0.848. The van der Waals surface area contributed by atoms with Gasteiger partial charge in [-0.05, 0) is 37.6 Å². The molecule has 2 rings (SSSR count). The molecule has 1 amide bonds. The Hall–Kier alpha value is -2.49. The fourth-order valence-corrected chi connectivity index (χ4v) is 2.07. The number of anilines is 1. The van der Waals surface area contributed by atoms with E-state index in [0.717, 1.165) is 5.56 Å². The number of nitrogens with one attached hydrogen (secondary N) is 1. The molecule has 110 valence electrons. The molecule has 0 saturated heterocycles. The Labute approximate surface area is 124 Å². The highest BCUT2D eigenvalue weighted by Gasteiger charge is 2.13. The lowest BCUT2D eigenvalue weighted by Gasteiger charge is -2.15. The fourth-order valence-electron chi connectivity index (χ4n) is 2.07. The largest absolute Gasteiger partial charge is 0.495 e. The molecule has 2 aromatic rings. The number of hydrogen-bond donors (Lipinski definition) is 2. The molecule has 0 fully saturated rings. The van der Waals surface area contributed by atoms with Gasteiger partial charge in [-0.25, -0.2) is 0 Å². The number of amides is 1. The summed E-state index contributed by atoms with van der Waals surface area (Å²) in [6.45, 7) is 3.99. The van der Waals surface area contributed by atoms with Crippen LogP contribution >= 0.6 is 0 Å². The molecule has 0 aliphatic rings. The normalized spacial score (nSPS) is 11.8. The lowest BCUT2D eigenvalue weighted by molar-refractivity contribution is 0.0939. The Morgan fingerprint density at radius 2 is 1.86 bits per heavy atom. The third kappa shape index (κ3) is 3.54. The van der Waals surface area contributed by atoms with Crippen LogP contribution in [-0.2, 0) is 0 Å².